The number of nitrogens with two attached hydrogens (primary N) is 2. The molecule has 29 heavy (non-hydrogen) atoms. The molecule has 0 bridgehead atoms. The Morgan fingerprint density at radius 2 is 1.62 bits per heavy atom. The Hall–Kier alpha value is -1.67. The molecule has 0 aliphatic carbocycles. The van der Waals surface area contributed by atoms with E-state index in [4.69, 9.17) is 37.0 Å². The van der Waals surface area contributed by atoms with Gasteiger partial charge in [-0.15, -0.1) is 0 Å². The quantitative estimate of drug-likeness (QED) is 0.201. The summed E-state index contributed by atoms with van der Waals surface area (Å²) in [6.45, 7) is 4.32. The summed E-state index contributed by atoms with van der Waals surface area (Å²) < 4.78 is 0. The van der Waals surface area contributed by atoms with Crippen LogP contribution in [0.1, 0.15) is 32.6 Å². The Kier molecular flexibility index (Phi) is 18.7. The molecule has 0 spiro atoms. The summed E-state index contributed by atoms with van der Waals surface area (Å²) in [6.07, 6.45) is -0.950. The second kappa shape index (κ2) is 18.4. The van der Waals surface area contributed by atoms with Crippen molar-refractivity contribution in [2.45, 2.75) is 57.0 Å². The highest BCUT2D eigenvalue weighted by atomic mass is 16.4. The molecular formula is C17H36N4O8. The van der Waals surface area contributed by atoms with E-state index in [2.05, 4.69) is 10.6 Å². The first-order valence-electron chi connectivity index (χ1n) is 9.40. The first-order valence-corrected chi connectivity index (χ1v) is 9.40. The molecule has 2 heterocycles. The van der Waals surface area contributed by atoms with Gasteiger partial charge in [-0.2, -0.15) is 0 Å². The average Bonchev–Trinajstić information content (AvgIpc) is 3.28. The van der Waals surface area contributed by atoms with E-state index in [0.717, 1.165) is 19.5 Å². The lowest BCUT2D eigenvalue weighted by atomic mass is 10.2. The molecule has 12 nitrogen and oxygen atoms in total. The molecular weight excluding hydrogens is 388 g/mol. The van der Waals surface area contributed by atoms with Crippen molar-refractivity contribution in [2.24, 2.45) is 11.5 Å². The second-order valence-corrected chi connectivity index (χ2v) is 6.38. The number of aliphatic hydroxyl groups excluding tert-OH is 4. The maximum atomic E-state index is 10.2. The molecule has 2 aliphatic heterocycles. The number of carboxylic acid groups (broad SMARTS) is 1. The molecule has 0 saturated carbocycles. The van der Waals surface area contributed by atoms with Gasteiger partial charge >= 0.3 is 5.97 Å². The van der Waals surface area contributed by atoms with Crippen LogP contribution < -0.4 is 22.1 Å². The molecule has 11 N–H and O–H groups in total. The lowest BCUT2D eigenvalue weighted by molar-refractivity contribution is -0.146. The topological polar surface area (TPSA) is 228 Å². The van der Waals surface area contributed by atoms with Crippen molar-refractivity contribution in [3.63, 3.8) is 0 Å². The number of β-amino-alcohol motifs (C(OH)–C–C–N with tert-alkyl or cyclic N) is 1. The molecule has 0 aromatic heterocycles. The fourth-order valence-corrected chi connectivity index (χ4v) is 1.86. The molecule has 0 radical (unpaired) electrons. The minimum Gasteiger partial charge on any atom is -0.479 e. The van der Waals surface area contributed by atoms with Crippen molar-refractivity contribution < 1.29 is 39.9 Å². The Bertz CT molecular complexity index is 439. The van der Waals surface area contributed by atoms with Gasteiger partial charge in [-0.25, -0.2) is 4.79 Å². The van der Waals surface area contributed by atoms with Crippen molar-refractivity contribution in [1.29, 1.82) is 0 Å². The van der Waals surface area contributed by atoms with E-state index in [1.807, 2.05) is 0 Å². The maximum absolute atomic E-state index is 10.2. The summed E-state index contributed by atoms with van der Waals surface area (Å²) in [7, 11) is 0. The number of ketones is 1. The number of hydrogen-bond donors (Lipinski definition) is 9. The Labute approximate surface area is 170 Å². The molecule has 0 aromatic carbocycles. The first-order chi connectivity index (χ1) is 13.6. The van der Waals surface area contributed by atoms with E-state index >= 15 is 0 Å². The Balaban J connectivity index is 0. The molecule has 4 atom stereocenters. The van der Waals surface area contributed by atoms with Gasteiger partial charge in [0, 0.05) is 13.1 Å². The fraction of sp³-hybridized carbons (Fsp3) is 0.824. The Morgan fingerprint density at radius 3 is 1.76 bits per heavy atom. The number of carbonyl (C=O) groups excluding carboxylic acids is 2. The SMILES string of the molecule is CC(=O)[C@@H](O)CCN.NCC[C@H](O)C(=O)O.O=C1NCC[C@@H]1O.O[C@H]1CCNC1. The van der Waals surface area contributed by atoms with Gasteiger partial charge in [0.05, 0.1) is 6.10 Å². The number of amides is 1. The van der Waals surface area contributed by atoms with E-state index in [1.165, 1.54) is 6.92 Å². The van der Waals surface area contributed by atoms with Crippen LogP contribution in [0.15, 0.2) is 0 Å². The van der Waals surface area contributed by atoms with Gasteiger partial charge in [0.15, 0.2) is 11.9 Å². The number of nitrogens with one attached hydrogen (secondary N) is 2. The normalized spacial score (nSPS) is 21.8. The predicted molar refractivity (Wildman–Crippen MR) is 105 cm³/mol. The third-order valence-corrected chi connectivity index (χ3v) is 3.69. The van der Waals surface area contributed by atoms with Crippen LogP contribution in [0.5, 0.6) is 0 Å². The molecule has 2 rings (SSSR count). The van der Waals surface area contributed by atoms with Gasteiger partial charge < -0.3 is 47.6 Å². The van der Waals surface area contributed by atoms with Gasteiger partial charge in [0.25, 0.3) is 0 Å². The summed E-state index contributed by atoms with van der Waals surface area (Å²) in [4.78, 5) is 30.2. The van der Waals surface area contributed by atoms with Crippen molar-refractivity contribution in [3.05, 3.63) is 0 Å². The van der Waals surface area contributed by atoms with E-state index in [1.54, 1.807) is 0 Å². The largest absolute Gasteiger partial charge is 0.479 e. The van der Waals surface area contributed by atoms with Crippen LogP contribution in [0.3, 0.4) is 0 Å². The fourth-order valence-electron chi connectivity index (χ4n) is 1.86. The molecule has 2 fully saturated rings. The third-order valence-electron chi connectivity index (χ3n) is 3.69. The van der Waals surface area contributed by atoms with Crippen LogP contribution in [0.2, 0.25) is 0 Å². The molecule has 12 heteroatoms. The van der Waals surface area contributed by atoms with E-state index in [9.17, 15) is 14.4 Å². The van der Waals surface area contributed by atoms with Crippen LogP contribution in [0, 0.1) is 0 Å². The van der Waals surface area contributed by atoms with Crippen LogP contribution in [-0.2, 0) is 14.4 Å². The van der Waals surface area contributed by atoms with Crippen molar-refractivity contribution in [3.8, 4) is 0 Å². The van der Waals surface area contributed by atoms with Gasteiger partial charge in [-0.3, -0.25) is 9.59 Å². The lowest BCUT2D eigenvalue weighted by Gasteiger charge is -2.01. The number of hydrogen-bond acceptors (Lipinski definition) is 10. The van der Waals surface area contributed by atoms with E-state index in [0.29, 0.717) is 25.9 Å². The van der Waals surface area contributed by atoms with Crippen molar-refractivity contribution in [1.82, 2.24) is 10.6 Å². The summed E-state index contributed by atoms with van der Waals surface area (Å²) >= 11 is 0. The standard InChI is InChI=1S/C5H11NO2.C4H9NO3.C4H7NO2.C4H9NO/c1-4(7)5(8)2-3-6;5-2-1-3(6)4(7)8;6-3-1-2-5-4(3)7;6-4-1-2-5-3-4/h5,8H,2-3,6H2,1H3;3,6H,1-2,5H2,(H,7,8);3,6H,1-2H2,(H,5,7);4-6H,1-3H2/t5-;2*3-;4-/m0000/s1. The van der Waals surface area contributed by atoms with Crippen LogP contribution in [0.4, 0.5) is 0 Å². The highest BCUT2D eigenvalue weighted by Gasteiger charge is 2.19. The smallest absolute Gasteiger partial charge is 0.332 e. The molecule has 2 aliphatic rings. The molecule has 2 saturated heterocycles. The number of carbonyl (C=O) groups is 3. The monoisotopic (exact) mass is 424 g/mol. The van der Waals surface area contributed by atoms with Crippen molar-refractivity contribution in [2.75, 3.05) is 32.7 Å². The Morgan fingerprint density at radius 1 is 1.07 bits per heavy atom. The van der Waals surface area contributed by atoms with E-state index in [-0.39, 0.29) is 30.8 Å². The number of aliphatic hydroxyl groups is 4. The number of carboxylic acids is 1. The highest BCUT2D eigenvalue weighted by molar-refractivity contribution is 5.82. The van der Waals surface area contributed by atoms with Gasteiger partial charge in [-0.1, -0.05) is 0 Å². The minimum absolute atomic E-state index is 0.0648. The van der Waals surface area contributed by atoms with E-state index < -0.39 is 24.3 Å². The number of aliphatic carboxylic acids is 1. The van der Waals surface area contributed by atoms with Gasteiger partial charge in [-0.05, 0) is 52.2 Å². The zero-order chi connectivity index (χ0) is 22.8. The van der Waals surface area contributed by atoms with Gasteiger partial charge in [0.2, 0.25) is 5.91 Å². The zero-order valence-corrected chi connectivity index (χ0v) is 16.8. The van der Waals surface area contributed by atoms with Gasteiger partial charge in [0.1, 0.15) is 12.2 Å². The summed E-state index contributed by atoms with van der Waals surface area (Å²) in [5.41, 5.74) is 10.00. The summed E-state index contributed by atoms with van der Waals surface area (Å²) in [5, 5.41) is 47.9. The zero-order valence-electron chi connectivity index (χ0n) is 16.8. The maximum Gasteiger partial charge on any atom is 0.332 e. The van der Waals surface area contributed by atoms with Crippen LogP contribution >= 0.6 is 0 Å². The summed E-state index contributed by atoms with van der Waals surface area (Å²) in [5.74, 6) is -1.66. The minimum atomic E-state index is -1.29. The lowest BCUT2D eigenvalue weighted by Crippen LogP contribution is -2.22. The molecule has 0 aromatic rings. The summed E-state index contributed by atoms with van der Waals surface area (Å²) in [6, 6.07) is 0. The van der Waals surface area contributed by atoms with Crippen LogP contribution in [-0.4, -0.2) is 100 Å². The average molecular weight is 424 g/mol. The van der Waals surface area contributed by atoms with Crippen molar-refractivity contribution >= 4 is 17.7 Å². The molecule has 1 amide bonds. The molecule has 0 unspecified atom stereocenters. The predicted octanol–water partition coefficient (Wildman–Crippen LogP) is -3.73. The molecule has 172 valence electrons. The highest BCUT2D eigenvalue weighted by Crippen LogP contribution is 1.96. The van der Waals surface area contributed by atoms with Crippen LogP contribution in [0.25, 0.3) is 0 Å². The number of Topliss-reactive ketones (excluding diaryl/α,β-unsaturated/α-hetero) is 1. The third kappa shape index (κ3) is 18.1. The second-order valence-electron chi connectivity index (χ2n) is 6.38. The first kappa shape index (κ1) is 29.5. The number of rotatable bonds is 6.